The predicted octanol–water partition coefficient (Wildman–Crippen LogP) is 4.10. The summed E-state index contributed by atoms with van der Waals surface area (Å²) in [5.41, 5.74) is 1.85. The second-order valence-corrected chi connectivity index (χ2v) is 5.00. The van der Waals surface area contributed by atoms with E-state index in [-0.39, 0.29) is 0 Å². The predicted molar refractivity (Wildman–Crippen MR) is 67.5 cm³/mol. The molecule has 0 aliphatic rings. The summed E-state index contributed by atoms with van der Waals surface area (Å²) in [6, 6.07) is 6.72. The smallest absolute Gasteiger partial charge is 0.313 e. The number of nitrogens with one attached hydrogen (secondary N) is 1. The average molecular weight is 259 g/mol. The molecule has 0 bridgehead atoms. The SMILES string of the molecule is CNC(CC(F)(F)F)c1ccc(CC(C)C)cc1. The molecule has 102 valence electrons. The normalized spacial score (nSPS) is 13.9. The number of rotatable bonds is 5. The Kier molecular flexibility index (Phi) is 5.20. The zero-order chi connectivity index (χ0) is 13.8. The van der Waals surface area contributed by atoms with Crippen molar-refractivity contribution >= 4 is 0 Å². The molecule has 0 saturated carbocycles. The van der Waals surface area contributed by atoms with Crippen LogP contribution in [0.25, 0.3) is 0 Å². The summed E-state index contributed by atoms with van der Waals surface area (Å²) in [5, 5.41) is 2.72. The largest absolute Gasteiger partial charge is 0.390 e. The zero-order valence-electron chi connectivity index (χ0n) is 11.0. The summed E-state index contributed by atoms with van der Waals surface area (Å²) >= 11 is 0. The topological polar surface area (TPSA) is 12.0 Å². The molecule has 1 atom stereocenters. The lowest BCUT2D eigenvalue weighted by Crippen LogP contribution is -2.23. The lowest BCUT2D eigenvalue weighted by atomic mass is 9.98. The molecule has 1 unspecified atom stereocenters. The second-order valence-electron chi connectivity index (χ2n) is 5.00. The fourth-order valence-electron chi connectivity index (χ4n) is 1.98. The highest BCUT2D eigenvalue weighted by molar-refractivity contribution is 5.25. The summed E-state index contributed by atoms with van der Waals surface area (Å²) < 4.78 is 37.2. The van der Waals surface area contributed by atoms with Crippen LogP contribution in [0.1, 0.15) is 37.4 Å². The first-order valence-electron chi connectivity index (χ1n) is 6.14. The van der Waals surface area contributed by atoms with Crippen LogP contribution in [-0.2, 0) is 6.42 Å². The average Bonchev–Trinajstić information content (AvgIpc) is 2.25. The molecular formula is C14H20F3N. The molecule has 18 heavy (non-hydrogen) atoms. The molecule has 1 aromatic rings. The molecule has 4 heteroatoms. The van der Waals surface area contributed by atoms with E-state index in [0.29, 0.717) is 11.5 Å². The highest BCUT2D eigenvalue weighted by Gasteiger charge is 2.31. The van der Waals surface area contributed by atoms with Crippen molar-refractivity contribution in [1.82, 2.24) is 5.32 Å². The molecule has 1 rings (SSSR count). The quantitative estimate of drug-likeness (QED) is 0.839. The van der Waals surface area contributed by atoms with Gasteiger partial charge in [0.25, 0.3) is 0 Å². The first-order valence-corrected chi connectivity index (χ1v) is 6.14. The van der Waals surface area contributed by atoms with E-state index in [2.05, 4.69) is 19.2 Å². The van der Waals surface area contributed by atoms with Gasteiger partial charge in [0, 0.05) is 6.04 Å². The van der Waals surface area contributed by atoms with Gasteiger partial charge in [-0.2, -0.15) is 13.2 Å². The lowest BCUT2D eigenvalue weighted by Gasteiger charge is -2.19. The van der Waals surface area contributed by atoms with Crippen molar-refractivity contribution in [3.8, 4) is 0 Å². The first-order chi connectivity index (χ1) is 8.31. The lowest BCUT2D eigenvalue weighted by molar-refractivity contribution is -0.140. The first kappa shape index (κ1) is 15.0. The Labute approximate surface area is 106 Å². The Morgan fingerprint density at radius 3 is 2.06 bits per heavy atom. The van der Waals surface area contributed by atoms with Crippen LogP contribution in [0.15, 0.2) is 24.3 Å². The Morgan fingerprint density at radius 1 is 1.11 bits per heavy atom. The standard InChI is InChI=1S/C14H20F3N/c1-10(2)8-11-4-6-12(7-5-11)13(18-3)9-14(15,16)17/h4-7,10,13,18H,8-9H2,1-3H3. The third-order valence-corrected chi connectivity index (χ3v) is 2.81. The Balaban J connectivity index is 2.75. The van der Waals surface area contributed by atoms with E-state index in [4.69, 9.17) is 0 Å². The van der Waals surface area contributed by atoms with Gasteiger partial charge in [0.2, 0.25) is 0 Å². The molecule has 0 radical (unpaired) electrons. The van der Waals surface area contributed by atoms with E-state index in [1.807, 2.05) is 12.1 Å². The van der Waals surface area contributed by atoms with Crippen LogP contribution in [0, 0.1) is 5.92 Å². The van der Waals surface area contributed by atoms with Crippen LogP contribution in [0.5, 0.6) is 0 Å². The van der Waals surface area contributed by atoms with Crippen molar-refractivity contribution in [2.75, 3.05) is 7.05 Å². The summed E-state index contributed by atoms with van der Waals surface area (Å²) in [7, 11) is 1.55. The van der Waals surface area contributed by atoms with E-state index in [0.717, 1.165) is 12.0 Å². The van der Waals surface area contributed by atoms with E-state index in [1.165, 1.54) is 0 Å². The van der Waals surface area contributed by atoms with Gasteiger partial charge in [-0.05, 0) is 30.5 Å². The zero-order valence-corrected chi connectivity index (χ0v) is 11.0. The third-order valence-electron chi connectivity index (χ3n) is 2.81. The molecule has 0 aliphatic heterocycles. The molecule has 0 aliphatic carbocycles. The summed E-state index contributed by atoms with van der Waals surface area (Å²) in [5.74, 6) is 0.547. The minimum Gasteiger partial charge on any atom is -0.313 e. The molecule has 0 heterocycles. The summed E-state index contributed by atoms with van der Waals surface area (Å²) in [4.78, 5) is 0. The van der Waals surface area contributed by atoms with E-state index in [1.54, 1.807) is 19.2 Å². The Morgan fingerprint density at radius 2 is 1.67 bits per heavy atom. The van der Waals surface area contributed by atoms with Gasteiger partial charge in [0.05, 0.1) is 6.42 Å². The second kappa shape index (κ2) is 6.23. The van der Waals surface area contributed by atoms with Crippen LogP contribution >= 0.6 is 0 Å². The van der Waals surface area contributed by atoms with Crippen LogP contribution in [0.3, 0.4) is 0 Å². The summed E-state index contributed by atoms with van der Waals surface area (Å²) in [6.07, 6.45) is -4.04. The number of benzene rings is 1. The van der Waals surface area contributed by atoms with Crippen LogP contribution < -0.4 is 5.32 Å². The number of hydrogen-bond donors (Lipinski definition) is 1. The van der Waals surface area contributed by atoms with Gasteiger partial charge in [-0.3, -0.25) is 0 Å². The Hall–Kier alpha value is -1.03. The highest BCUT2D eigenvalue weighted by Crippen LogP contribution is 2.29. The fourth-order valence-corrected chi connectivity index (χ4v) is 1.98. The molecule has 0 fully saturated rings. The maximum atomic E-state index is 12.4. The molecule has 0 saturated heterocycles. The molecule has 1 N–H and O–H groups in total. The molecule has 0 spiro atoms. The van der Waals surface area contributed by atoms with Crippen molar-refractivity contribution in [3.63, 3.8) is 0 Å². The molecular weight excluding hydrogens is 239 g/mol. The van der Waals surface area contributed by atoms with Crippen LogP contribution in [0.4, 0.5) is 13.2 Å². The van der Waals surface area contributed by atoms with Crippen molar-refractivity contribution in [3.05, 3.63) is 35.4 Å². The van der Waals surface area contributed by atoms with Crippen molar-refractivity contribution < 1.29 is 13.2 Å². The highest BCUT2D eigenvalue weighted by atomic mass is 19.4. The number of halogens is 3. The van der Waals surface area contributed by atoms with Gasteiger partial charge < -0.3 is 5.32 Å². The minimum atomic E-state index is -4.15. The number of alkyl halides is 3. The maximum absolute atomic E-state index is 12.4. The van der Waals surface area contributed by atoms with Crippen molar-refractivity contribution in [2.24, 2.45) is 5.92 Å². The van der Waals surface area contributed by atoms with E-state index >= 15 is 0 Å². The van der Waals surface area contributed by atoms with Gasteiger partial charge >= 0.3 is 6.18 Å². The van der Waals surface area contributed by atoms with Crippen molar-refractivity contribution in [1.29, 1.82) is 0 Å². The molecule has 0 aromatic heterocycles. The molecule has 1 nitrogen and oxygen atoms in total. The van der Waals surface area contributed by atoms with Gasteiger partial charge in [-0.1, -0.05) is 38.1 Å². The summed E-state index contributed by atoms with van der Waals surface area (Å²) in [6.45, 7) is 4.24. The monoisotopic (exact) mass is 259 g/mol. The van der Waals surface area contributed by atoms with Gasteiger partial charge in [0.15, 0.2) is 0 Å². The third kappa shape index (κ3) is 5.08. The van der Waals surface area contributed by atoms with Gasteiger partial charge in [-0.25, -0.2) is 0 Å². The van der Waals surface area contributed by atoms with Gasteiger partial charge in [-0.15, -0.1) is 0 Å². The van der Waals surface area contributed by atoms with Crippen molar-refractivity contribution in [2.45, 2.75) is 38.9 Å². The van der Waals surface area contributed by atoms with Gasteiger partial charge in [0.1, 0.15) is 0 Å². The Bertz CT molecular complexity index is 354. The van der Waals surface area contributed by atoms with Crippen LogP contribution in [-0.4, -0.2) is 13.2 Å². The van der Waals surface area contributed by atoms with E-state index in [9.17, 15) is 13.2 Å². The fraction of sp³-hybridized carbons (Fsp3) is 0.571. The molecule has 0 amide bonds. The number of hydrogen-bond acceptors (Lipinski definition) is 1. The maximum Gasteiger partial charge on any atom is 0.390 e. The van der Waals surface area contributed by atoms with Crippen LogP contribution in [0.2, 0.25) is 0 Å². The van der Waals surface area contributed by atoms with E-state index < -0.39 is 18.6 Å². The molecule has 1 aromatic carbocycles. The minimum absolute atomic E-state index is 0.547.